The molecule has 0 unspecified atom stereocenters. The highest BCUT2D eigenvalue weighted by Gasteiger charge is 2.66. The summed E-state index contributed by atoms with van der Waals surface area (Å²) < 4.78 is 39.7. The van der Waals surface area contributed by atoms with Crippen LogP contribution in [0.3, 0.4) is 0 Å². The molecule has 7 nitrogen and oxygen atoms in total. The third-order valence-corrected chi connectivity index (χ3v) is 7.53. The van der Waals surface area contributed by atoms with Gasteiger partial charge in [0.15, 0.2) is 11.9 Å². The fraction of sp³-hybridized carbons (Fsp3) is 0.524. The van der Waals surface area contributed by atoms with Crippen LogP contribution in [0.15, 0.2) is 41.3 Å². The number of nitrogens with zero attached hydrogens (tertiary/aromatic N) is 1. The quantitative estimate of drug-likeness (QED) is 0.550. The lowest BCUT2D eigenvalue weighted by molar-refractivity contribution is -0.178. The van der Waals surface area contributed by atoms with E-state index in [-0.39, 0.29) is 23.6 Å². The molecule has 1 aromatic carbocycles. The number of ketones is 1. The summed E-state index contributed by atoms with van der Waals surface area (Å²) >= 11 is 0. The number of aryl methyl sites for hydroxylation is 1. The molecule has 1 aromatic rings. The first-order valence-corrected chi connectivity index (χ1v) is 11.1. The lowest BCUT2D eigenvalue weighted by Crippen LogP contribution is -2.58. The number of hydrogen-bond donors (Lipinski definition) is 0. The van der Waals surface area contributed by atoms with Crippen LogP contribution in [0.4, 0.5) is 0 Å². The molecule has 0 aliphatic carbocycles. The molecule has 0 radical (unpaired) electrons. The van der Waals surface area contributed by atoms with Gasteiger partial charge in [0, 0.05) is 6.42 Å². The Balaban J connectivity index is 1.76. The standard InChI is InChI=1S/C21H25NO6S/c1-13-5-7-15(8-6-13)29(25,26)22-12-17(27-19(24)20(2,3)4)21-10-9-14(28-21)11-16(23)18(21)22/h5-10,14,17-18H,11-12H2,1-4H3/t14-,17-,18-,21-/m0/s1. The van der Waals surface area contributed by atoms with Gasteiger partial charge in [0.1, 0.15) is 11.6 Å². The van der Waals surface area contributed by atoms with Gasteiger partial charge in [0.2, 0.25) is 10.0 Å². The molecule has 3 heterocycles. The van der Waals surface area contributed by atoms with Gasteiger partial charge in [-0.05, 0) is 45.9 Å². The molecule has 2 saturated heterocycles. The zero-order valence-electron chi connectivity index (χ0n) is 16.9. The monoisotopic (exact) mass is 419 g/mol. The van der Waals surface area contributed by atoms with Crippen LogP contribution in [0.25, 0.3) is 0 Å². The first kappa shape index (κ1) is 20.3. The molecule has 156 valence electrons. The zero-order chi connectivity index (χ0) is 21.2. The van der Waals surface area contributed by atoms with Crippen LogP contribution in [0.1, 0.15) is 32.8 Å². The molecular formula is C21H25NO6S. The summed E-state index contributed by atoms with van der Waals surface area (Å²) in [5, 5.41) is 0. The van der Waals surface area contributed by atoms with Crippen molar-refractivity contribution in [2.24, 2.45) is 5.41 Å². The topological polar surface area (TPSA) is 90.0 Å². The van der Waals surface area contributed by atoms with E-state index in [1.807, 2.05) is 6.92 Å². The smallest absolute Gasteiger partial charge is 0.311 e. The predicted molar refractivity (Wildman–Crippen MR) is 105 cm³/mol. The average molecular weight is 419 g/mol. The maximum atomic E-state index is 13.4. The number of carbonyl (C=O) groups excluding carboxylic acids is 2. The highest BCUT2D eigenvalue weighted by molar-refractivity contribution is 7.89. The number of fused-ring (bicyclic) bond motifs is 1. The third kappa shape index (κ3) is 3.14. The molecule has 4 rings (SSSR count). The lowest BCUT2D eigenvalue weighted by Gasteiger charge is -2.39. The van der Waals surface area contributed by atoms with Crippen molar-refractivity contribution in [2.75, 3.05) is 6.54 Å². The van der Waals surface area contributed by atoms with Gasteiger partial charge in [-0.25, -0.2) is 8.42 Å². The maximum absolute atomic E-state index is 13.4. The summed E-state index contributed by atoms with van der Waals surface area (Å²) in [4.78, 5) is 25.6. The fourth-order valence-corrected chi connectivity index (χ4v) is 5.74. The Morgan fingerprint density at radius 3 is 2.52 bits per heavy atom. The van der Waals surface area contributed by atoms with Crippen LogP contribution in [0, 0.1) is 12.3 Å². The summed E-state index contributed by atoms with van der Waals surface area (Å²) in [6.07, 6.45) is 2.25. The van der Waals surface area contributed by atoms with Crippen molar-refractivity contribution in [3.63, 3.8) is 0 Å². The second-order valence-corrected chi connectivity index (χ2v) is 10.9. The van der Waals surface area contributed by atoms with Crippen LogP contribution in [0.5, 0.6) is 0 Å². The van der Waals surface area contributed by atoms with E-state index in [0.717, 1.165) is 9.87 Å². The number of hydrogen-bond acceptors (Lipinski definition) is 6. The number of esters is 1. The summed E-state index contributed by atoms with van der Waals surface area (Å²) in [7, 11) is -3.99. The van der Waals surface area contributed by atoms with Gasteiger partial charge in [-0.1, -0.05) is 23.8 Å². The molecule has 4 atom stereocenters. The van der Waals surface area contributed by atoms with Crippen LogP contribution < -0.4 is 0 Å². The van der Waals surface area contributed by atoms with Gasteiger partial charge < -0.3 is 9.47 Å². The molecule has 0 amide bonds. The van der Waals surface area contributed by atoms with Crippen LogP contribution in [-0.4, -0.2) is 54.9 Å². The zero-order valence-corrected chi connectivity index (χ0v) is 17.7. The first-order valence-electron chi connectivity index (χ1n) is 9.65. The van der Waals surface area contributed by atoms with Crippen LogP contribution >= 0.6 is 0 Å². The molecule has 3 aliphatic rings. The molecule has 0 saturated carbocycles. The van der Waals surface area contributed by atoms with E-state index in [2.05, 4.69) is 0 Å². The minimum atomic E-state index is -3.99. The Morgan fingerprint density at radius 1 is 1.24 bits per heavy atom. The highest BCUT2D eigenvalue weighted by Crippen LogP contribution is 2.47. The fourth-order valence-electron chi connectivity index (χ4n) is 4.10. The van der Waals surface area contributed by atoms with Gasteiger partial charge in [0.25, 0.3) is 0 Å². The largest absolute Gasteiger partial charge is 0.457 e. The Bertz CT molecular complexity index is 991. The van der Waals surface area contributed by atoms with E-state index >= 15 is 0 Å². The SMILES string of the molecule is Cc1ccc(S(=O)(=O)N2C[C@H](OC(=O)C(C)(C)C)[C@@]34C=C[C@@H](CC(=O)[C@H]23)O4)cc1. The number of ether oxygens (including phenoxy) is 2. The van der Waals surface area contributed by atoms with Gasteiger partial charge in [-0.15, -0.1) is 0 Å². The number of Topliss-reactive ketones (excluding diaryl/α,β-unsaturated/α-hetero) is 1. The van der Waals surface area contributed by atoms with E-state index in [0.29, 0.717) is 0 Å². The minimum absolute atomic E-state index is 0.0953. The summed E-state index contributed by atoms with van der Waals surface area (Å²) in [6.45, 7) is 6.90. The highest BCUT2D eigenvalue weighted by atomic mass is 32.2. The van der Waals surface area contributed by atoms with Crippen LogP contribution in [0.2, 0.25) is 0 Å². The van der Waals surface area contributed by atoms with E-state index in [1.165, 1.54) is 12.1 Å². The van der Waals surface area contributed by atoms with Crippen molar-refractivity contribution in [3.8, 4) is 0 Å². The van der Waals surface area contributed by atoms with Gasteiger partial charge in [0.05, 0.1) is 23.0 Å². The maximum Gasteiger partial charge on any atom is 0.311 e. The molecule has 29 heavy (non-hydrogen) atoms. The first-order chi connectivity index (χ1) is 13.4. The molecule has 3 aliphatic heterocycles. The number of sulfonamides is 1. The number of carbonyl (C=O) groups is 2. The molecule has 0 N–H and O–H groups in total. The third-order valence-electron chi connectivity index (χ3n) is 5.69. The lowest BCUT2D eigenvalue weighted by atomic mass is 9.88. The van der Waals surface area contributed by atoms with Crippen molar-refractivity contribution < 1.29 is 27.5 Å². The average Bonchev–Trinajstić information content (AvgIpc) is 3.14. The molecule has 2 fully saturated rings. The number of rotatable bonds is 3. The molecular weight excluding hydrogens is 394 g/mol. The van der Waals surface area contributed by atoms with E-state index in [1.54, 1.807) is 45.1 Å². The summed E-state index contributed by atoms with van der Waals surface area (Å²) in [5.74, 6) is -0.695. The molecule has 0 aromatic heterocycles. The predicted octanol–water partition coefficient (Wildman–Crippen LogP) is 1.99. The second-order valence-electron chi connectivity index (χ2n) is 8.97. The van der Waals surface area contributed by atoms with Gasteiger partial charge >= 0.3 is 5.97 Å². The Morgan fingerprint density at radius 2 is 1.90 bits per heavy atom. The van der Waals surface area contributed by atoms with Crippen molar-refractivity contribution in [1.29, 1.82) is 0 Å². The molecule has 1 spiro atoms. The van der Waals surface area contributed by atoms with E-state index in [9.17, 15) is 18.0 Å². The second kappa shape index (κ2) is 6.48. The summed E-state index contributed by atoms with van der Waals surface area (Å²) in [6, 6.07) is 5.41. The van der Waals surface area contributed by atoms with E-state index < -0.39 is 45.3 Å². The van der Waals surface area contributed by atoms with Gasteiger partial charge in [-0.2, -0.15) is 4.31 Å². The number of benzene rings is 1. The van der Waals surface area contributed by atoms with Crippen molar-refractivity contribution in [1.82, 2.24) is 4.31 Å². The van der Waals surface area contributed by atoms with Crippen LogP contribution in [-0.2, 0) is 29.1 Å². The minimum Gasteiger partial charge on any atom is -0.457 e. The van der Waals surface area contributed by atoms with Gasteiger partial charge in [-0.3, -0.25) is 9.59 Å². The van der Waals surface area contributed by atoms with Crippen molar-refractivity contribution in [2.45, 2.75) is 62.9 Å². The van der Waals surface area contributed by atoms with Crippen molar-refractivity contribution in [3.05, 3.63) is 42.0 Å². The molecule has 2 bridgehead atoms. The Kier molecular flexibility index (Phi) is 4.53. The Hall–Kier alpha value is -2.03. The molecule has 8 heteroatoms. The summed E-state index contributed by atoms with van der Waals surface area (Å²) in [5.41, 5.74) is -1.12. The van der Waals surface area contributed by atoms with E-state index in [4.69, 9.17) is 9.47 Å². The Labute approximate surface area is 170 Å². The van der Waals surface area contributed by atoms with Crippen molar-refractivity contribution >= 4 is 21.8 Å². The normalized spacial score (nSPS) is 31.7.